The van der Waals surface area contributed by atoms with E-state index < -0.39 is 5.60 Å². The first-order valence-corrected chi connectivity index (χ1v) is 9.07. The lowest BCUT2D eigenvalue weighted by Gasteiger charge is -2.32. The number of nitrogens with zero attached hydrogens (tertiary/aromatic N) is 1. The van der Waals surface area contributed by atoms with Gasteiger partial charge in [-0.1, -0.05) is 12.1 Å². The fourth-order valence-corrected chi connectivity index (χ4v) is 3.03. The molecular weight excluding hydrogens is 329 g/mol. The van der Waals surface area contributed by atoms with Gasteiger partial charge in [-0.3, -0.25) is 4.57 Å². The van der Waals surface area contributed by atoms with Gasteiger partial charge in [0.1, 0.15) is 5.60 Å². The lowest BCUT2D eigenvalue weighted by molar-refractivity contribution is 0.00578. The maximum Gasteiger partial charge on any atom is 0.462 e. The summed E-state index contributed by atoms with van der Waals surface area (Å²) in [6.45, 7) is 13.8. The van der Waals surface area contributed by atoms with E-state index in [1.54, 1.807) is 10.8 Å². The maximum absolute atomic E-state index is 12.3. The molecule has 2 heterocycles. The average molecular weight is 357 g/mol. The molecule has 0 N–H and O–H groups in total. The number of aromatic nitrogens is 1. The first-order chi connectivity index (χ1) is 11.9. The zero-order chi connectivity index (χ0) is 19.3. The van der Waals surface area contributed by atoms with Crippen LogP contribution >= 0.6 is 0 Å². The van der Waals surface area contributed by atoms with Crippen LogP contribution in [-0.4, -0.2) is 34.6 Å². The van der Waals surface area contributed by atoms with Crippen LogP contribution < -0.4 is 0 Å². The molecule has 1 aromatic carbocycles. The van der Waals surface area contributed by atoms with Crippen LogP contribution in [0.4, 0.5) is 4.79 Å². The minimum atomic E-state index is -0.523. The second-order valence-corrected chi connectivity index (χ2v) is 8.95. The Morgan fingerprint density at radius 1 is 1.12 bits per heavy atom. The first kappa shape index (κ1) is 19.0. The molecule has 0 amide bonds. The Bertz CT molecular complexity index is 816. The van der Waals surface area contributed by atoms with E-state index in [4.69, 9.17) is 14.0 Å². The van der Waals surface area contributed by atoms with Gasteiger partial charge in [0.15, 0.2) is 0 Å². The lowest BCUT2D eigenvalue weighted by atomic mass is 9.80. The van der Waals surface area contributed by atoms with E-state index in [9.17, 15) is 4.79 Å². The van der Waals surface area contributed by atoms with Crippen LogP contribution in [0.15, 0.2) is 30.5 Å². The van der Waals surface area contributed by atoms with Crippen LogP contribution in [-0.2, 0) is 20.4 Å². The quantitative estimate of drug-likeness (QED) is 0.737. The van der Waals surface area contributed by atoms with Crippen molar-refractivity contribution in [2.75, 3.05) is 0 Å². The minimum absolute atomic E-state index is 0.273. The summed E-state index contributed by atoms with van der Waals surface area (Å²) in [5.74, 6) is 0. The second-order valence-electron chi connectivity index (χ2n) is 8.95. The zero-order valence-corrected chi connectivity index (χ0v) is 16.8. The largest absolute Gasteiger partial charge is 0.462 e. The Hall–Kier alpha value is -1.79. The van der Waals surface area contributed by atoms with E-state index in [-0.39, 0.29) is 24.4 Å². The SMILES string of the molecule is CC(C)(C)OC(=O)n1ccc2cc(CB3OC(C)(C)C(C)(C)O3)ccc21. The number of ether oxygens (including phenoxy) is 1. The molecule has 1 aliphatic heterocycles. The molecule has 0 spiro atoms. The fraction of sp³-hybridized carbons (Fsp3) is 0.550. The Kier molecular flexibility index (Phi) is 4.48. The third-order valence-electron chi connectivity index (χ3n) is 5.05. The van der Waals surface area contributed by atoms with E-state index in [1.807, 2.05) is 39.0 Å². The molecule has 0 atom stereocenters. The highest BCUT2D eigenvalue weighted by atomic mass is 16.7. The van der Waals surface area contributed by atoms with Gasteiger partial charge < -0.3 is 14.0 Å². The molecule has 0 saturated carbocycles. The highest BCUT2D eigenvalue weighted by Gasteiger charge is 2.50. The molecule has 140 valence electrons. The van der Waals surface area contributed by atoms with Gasteiger partial charge in [-0.05, 0) is 66.2 Å². The topological polar surface area (TPSA) is 49.7 Å². The monoisotopic (exact) mass is 357 g/mol. The van der Waals surface area contributed by atoms with E-state index in [0.29, 0.717) is 6.32 Å². The molecule has 2 aromatic rings. The molecule has 0 aliphatic carbocycles. The van der Waals surface area contributed by atoms with Gasteiger partial charge >= 0.3 is 13.2 Å². The Morgan fingerprint density at radius 2 is 1.73 bits per heavy atom. The summed E-state index contributed by atoms with van der Waals surface area (Å²) in [5, 5.41) is 0.991. The Labute approximate surface area is 155 Å². The van der Waals surface area contributed by atoms with Crippen LogP contribution in [0.3, 0.4) is 0 Å². The van der Waals surface area contributed by atoms with Crippen molar-refractivity contribution in [2.45, 2.75) is 71.6 Å². The summed E-state index contributed by atoms with van der Waals surface area (Å²) in [4.78, 5) is 12.3. The smallest absolute Gasteiger partial charge is 0.443 e. The van der Waals surface area contributed by atoms with E-state index in [2.05, 4.69) is 33.8 Å². The molecule has 0 radical (unpaired) electrons. The maximum atomic E-state index is 12.3. The molecule has 5 nitrogen and oxygen atoms in total. The molecule has 1 aliphatic rings. The summed E-state index contributed by atoms with van der Waals surface area (Å²) >= 11 is 0. The van der Waals surface area contributed by atoms with Gasteiger partial charge in [0, 0.05) is 17.9 Å². The summed E-state index contributed by atoms with van der Waals surface area (Å²) in [7, 11) is -0.273. The fourth-order valence-electron chi connectivity index (χ4n) is 3.03. The van der Waals surface area contributed by atoms with Crippen LogP contribution in [0.25, 0.3) is 10.9 Å². The van der Waals surface area contributed by atoms with Crippen molar-refractivity contribution in [1.82, 2.24) is 4.57 Å². The first-order valence-electron chi connectivity index (χ1n) is 9.07. The highest BCUT2D eigenvalue weighted by molar-refractivity contribution is 6.45. The number of rotatable bonds is 2. The van der Waals surface area contributed by atoms with Crippen molar-refractivity contribution in [3.8, 4) is 0 Å². The van der Waals surface area contributed by atoms with Gasteiger partial charge in [0.05, 0.1) is 16.7 Å². The number of hydrogen-bond acceptors (Lipinski definition) is 4. The molecule has 1 fully saturated rings. The van der Waals surface area contributed by atoms with Crippen molar-refractivity contribution in [2.24, 2.45) is 0 Å². The highest BCUT2D eigenvalue weighted by Crippen LogP contribution is 2.37. The minimum Gasteiger partial charge on any atom is -0.443 e. The summed E-state index contributed by atoms with van der Waals surface area (Å²) < 4.78 is 19.2. The third-order valence-corrected chi connectivity index (χ3v) is 5.05. The van der Waals surface area contributed by atoms with Gasteiger partial charge in [-0.15, -0.1) is 0 Å². The number of carbonyl (C=O) groups is 1. The van der Waals surface area contributed by atoms with Crippen molar-refractivity contribution < 1.29 is 18.8 Å². The van der Waals surface area contributed by atoms with Crippen LogP contribution in [0.5, 0.6) is 0 Å². The van der Waals surface area contributed by atoms with Crippen molar-refractivity contribution in [3.05, 3.63) is 36.0 Å². The molecule has 0 unspecified atom stereocenters. The van der Waals surface area contributed by atoms with Gasteiger partial charge in [0.2, 0.25) is 0 Å². The number of benzene rings is 1. The predicted molar refractivity (Wildman–Crippen MR) is 103 cm³/mol. The average Bonchev–Trinajstić information content (AvgIpc) is 2.95. The second kappa shape index (κ2) is 6.13. The molecule has 1 aromatic heterocycles. The van der Waals surface area contributed by atoms with Crippen LogP contribution in [0.1, 0.15) is 54.0 Å². The summed E-state index contributed by atoms with van der Waals surface area (Å²) in [5.41, 5.74) is 0.753. The van der Waals surface area contributed by atoms with Gasteiger partial charge in [0.25, 0.3) is 0 Å². The predicted octanol–water partition coefficient (Wildman–Crippen LogP) is 4.60. The van der Waals surface area contributed by atoms with Gasteiger partial charge in [-0.25, -0.2) is 4.79 Å². The van der Waals surface area contributed by atoms with Crippen molar-refractivity contribution >= 4 is 24.1 Å². The van der Waals surface area contributed by atoms with Crippen molar-refractivity contribution in [1.29, 1.82) is 0 Å². The Morgan fingerprint density at radius 3 is 2.31 bits per heavy atom. The number of carbonyl (C=O) groups excluding carboxylic acids is 1. The van der Waals surface area contributed by atoms with Gasteiger partial charge in [-0.2, -0.15) is 0 Å². The van der Waals surface area contributed by atoms with Crippen LogP contribution in [0, 0.1) is 0 Å². The Balaban J connectivity index is 1.78. The summed E-state index contributed by atoms with van der Waals surface area (Å²) in [6.07, 6.45) is 2.05. The zero-order valence-electron chi connectivity index (χ0n) is 16.8. The van der Waals surface area contributed by atoms with Crippen molar-refractivity contribution in [3.63, 3.8) is 0 Å². The molecule has 3 rings (SSSR count). The van der Waals surface area contributed by atoms with E-state index in [0.717, 1.165) is 16.5 Å². The molecular formula is C20H28BNO4. The molecule has 0 bridgehead atoms. The molecule has 26 heavy (non-hydrogen) atoms. The van der Waals surface area contributed by atoms with E-state index >= 15 is 0 Å². The van der Waals surface area contributed by atoms with E-state index in [1.165, 1.54) is 0 Å². The molecule has 1 saturated heterocycles. The summed E-state index contributed by atoms with van der Waals surface area (Å²) in [6, 6.07) is 7.95. The number of fused-ring (bicyclic) bond motifs is 1. The standard InChI is InChI=1S/C20H28BNO4/c1-18(2,3)24-17(23)22-11-10-15-12-14(8-9-16(15)22)13-21-25-19(4,5)20(6,7)26-21/h8-12H,13H2,1-7H3. The number of hydrogen-bond donors (Lipinski definition) is 0. The third kappa shape index (κ3) is 3.67. The van der Waals surface area contributed by atoms with Crippen LogP contribution in [0.2, 0.25) is 0 Å². The lowest BCUT2D eigenvalue weighted by Crippen LogP contribution is -2.41. The molecule has 6 heteroatoms. The normalized spacial score (nSPS) is 19.1.